The maximum atomic E-state index is 5.85. The van der Waals surface area contributed by atoms with Gasteiger partial charge in [-0.25, -0.2) is 0 Å². The van der Waals surface area contributed by atoms with Gasteiger partial charge in [-0.05, 0) is 61.7 Å². The van der Waals surface area contributed by atoms with E-state index in [1.54, 1.807) is 0 Å². The van der Waals surface area contributed by atoms with Crippen LogP contribution in [-0.4, -0.2) is 32.5 Å². The zero-order valence-electron chi connectivity index (χ0n) is 17.8. The number of hydrogen-bond acceptors (Lipinski definition) is 4. The number of unbranched alkanes of at least 4 members (excludes halogenated alkanes) is 6. The molecule has 0 amide bonds. The molecule has 0 saturated carbocycles. The zero-order valence-corrected chi connectivity index (χ0v) is 19.0. The molecule has 0 saturated heterocycles. The van der Waals surface area contributed by atoms with Crippen molar-refractivity contribution < 1.29 is 8.85 Å². The molecule has 0 fully saturated rings. The highest BCUT2D eigenvalue weighted by atomic mass is 28.3. The maximum absolute atomic E-state index is 5.85. The molecule has 154 valence electrons. The first-order chi connectivity index (χ1) is 13.8. The molecule has 4 nitrogen and oxygen atoms in total. The minimum Gasteiger partial charge on any atom is -0.394 e. The van der Waals surface area contributed by atoms with Crippen LogP contribution in [0, 0.1) is 0 Å². The molecular formula is C23H36N2O2Si. The topological polar surface area (TPSA) is 44.2 Å². The van der Waals surface area contributed by atoms with E-state index in [9.17, 15) is 0 Å². The summed E-state index contributed by atoms with van der Waals surface area (Å²) in [5.74, 6) is 0. The lowest BCUT2D eigenvalue weighted by molar-refractivity contribution is 0.225. The molecule has 0 spiro atoms. The Morgan fingerprint density at radius 2 is 1.36 bits per heavy atom. The highest BCUT2D eigenvalue weighted by Crippen LogP contribution is 2.17. The van der Waals surface area contributed by atoms with Crippen molar-refractivity contribution in [3.63, 3.8) is 0 Å². The van der Waals surface area contributed by atoms with E-state index in [-0.39, 0.29) is 0 Å². The van der Waals surface area contributed by atoms with Crippen LogP contribution < -0.4 is 5.19 Å². The zero-order chi connectivity index (χ0) is 20.0. The monoisotopic (exact) mass is 400 g/mol. The molecule has 0 aliphatic heterocycles. The van der Waals surface area contributed by atoms with Crippen LogP contribution in [0.5, 0.6) is 0 Å². The van der Waals surface area contributed by atoms with Gasteiger partial charge >= 0.3 is 9.28 Å². The fourth-order valence-corrected chi connectivity index (χ4v) is 4.96. The summed E-state index contributed by atoms with van der Waals surface area (Å²) >= 11 is 0. The molecule has 0 atom stereocenters. The second-order valence-electron chi connectivity index (χ2n) is 7.14. The van der Waals surface area contributed by atoms with Gasteiger partial charge in [0.25, 0.3) is 0 Å². The van der Waals surface area contributed by atoms with Crippen molar-refractivity contribution in [1.82, 2.24) is 9.97 Å². The molecule has 2 rings (SSSR count). The van der Waals surface area contributed by atoms with Crippen LogP contribution in [-0.2, 0) is 15.3 Å². The number of nitrogens with zero attached hydrogens (tertiary/aromatic N) is 2. The second kappa shape index (κ2) is 13.6. The average Bonchev–Trinajstić information content (AvgIpc) is 2.73. The molecule has 0 aromatic carbocycles. The number of hydrogen-bond donors (Lipinski definition) is 0. The first kappa shape index (κ1) is 22.7. The van der Waals surface area contributed by atoms with Gasteiger partial charge < -0.3 is 8.85 Å². The normalized spacial score (nSPS) is 11.3. The molecule has 0 radical (unpaired) electrons. The van der Waals surface area contributed by atoms with Gasteiger partial charge in [0.05, 0.1) is 11.4 Å². The molecule has 28 heavy (non-hydrogen) atoms. The predicted octanol–water partition coefficient (Wildman–Crippen LogP) is 4.94. The van der Waals surface area contributed by atoms with Crippen molar-refractivity contribution in [3.8, 4) is 11.4 Å². The van der Waals surface area contributed by atoms with Crippen LogP contribution in [0.15, 0.2) is 36.7 Å². The maximum Gasteiger partial charge on any atom is 0.355 e. The van der Waals surface area contributed by atoms with Crippen molar-refractivity contribution >= 4 is 14.5 Å². The van der Waals surface area contributed by atoms with Gasteiger partial charge in [-0.1, -0.05) is 45.4 Å². The molecule has 2 heterocycles. The smallest absolute Gasteiger partial charge is 0.355 e. The van der Waals surface area contributed by atoms with Crippen molar-refractivity contribution in [1.29, 1.82) is 0 Å². The second-order valence-corrected chi connectivity index (χ2v) is 9.13. The highest BCUT2D eigenvalue weighted by molar-refractivity contribution is 6.61. The summed E-state index contributed by atoms with van der Waals surface area (Å²) in [6, 6.07) is 8.40. The van der Waals surface area contributed by atoms with Crippen LogP contribution in [0.4, 0.5) is 0 Å². The van der Waals surface area contributed by atoms with E-state index in [0.29, 0.717) is 13.2 Å². The van der Waals surface area contributed by atoms with Crippen molar-refractivity contribution in [2.24, 2.45) is 0 Å². The molecule has 2 aromatic heterocycles. The molecule has 0 aliphatic carbocycles. The van der Waals surface area contributed by atoms with E-state index < -0.39 is 9.28 Å². The highest BCUT2D eigenvalue weighted by Gasteiger charge is 2.17. The first-order valence-electron chi connectivity index (χ1n) is 10.9. The van der Waals surface area contributed by atoms with Crippen LogP contribution in [0.2, 0.25) is 0 Å². The van der Waals surface area contributed by atoms with Gasteiger partial charge in [0.2, 0.25) is 0 Å². The number of rotatable bonds is 14. The summed E-state index contributed by atoms with van der Waals surface area (Å²) in [4.78, 5) is 9.09. The minimum atomic E-state index is -1.86. The van der Waals surface area contributed by atoms with Gasteiger partial charge in [0.15, 0.2) is 0 Å². The molecule has 2 aromatic rings. The van der Waals surface area contributed by atoms with Crippen molar-refractivity contribution in [2.75, 3.05) is 13.2 Å². The molecular weight excluding hydrogens is 364 g/mol. The first-order valence-corrected chi connectivity index (χ1v) is 12.4. The third-order valence-corrected chi connectivity index (χ3v) is 7.02. The third kappa shape index (κ3) is 7.82. The van der Waals surface area contributed by atoms with Gasteiger partial charge in [0, 0.05) is 25.6 Å². The van der Waals surface area contributed by atoms with E-state index in [2.05, 4.69) is 35.1 Å². The summed E-state index contributed by atoms with van der Waals surface area (Å²) in [6.07, 6.45) is 14.2. The quantitative estimate of drug-likeness (QED) is 0.333. The largest absolute Gasteiger partial charge is 0.394 e. The van der Waals surface area contributed by atoms with Crippen LogP contribution in [0.1, 0.15) is 71.3 Å². The summed E-state index contributed by atoms with van der Waals surface area (Å²) in [5, 5.41) is 1.12. The van der Waals surface area contributed by atoms with Crippen molar-refractivity contribution in [2.45, 2.75) is 72.1 Å². The Bertz CT molecular complexity index is 675. The van der Waals surface area contributed by atoms with Crippen LogP contribution in [0.3, 0.4) is 0 Å². The fourth-order valence-electron chi connectivity index (χ4n) is 3.33. The Morgan fingerprint density at radius 1 is 0.750 bits per heavy atom. The lowest BCUT2D eigenvalue weighted by Crippen LogP contribution is -2.37. The number of pyridine rings is 2. The Labute approximate surface area is 172 Å². The predicted molar refractivity (Wildman–Crippen MR) is 119 cm³/mol. The summed E-state index contributed by atoms with van der Waals surface area (Å²) < 4.78 is 11.7. The summed E-state index contributed by atoms with van der Waals surface area (Å²) in [7, 11) is -1.86. The van der Waals surface area contributed by atoms with Crippen molar-refractivity contribution in [3.05, 3.63) is 42.2 Å². The molecule has 0 bridgehead atoms. The summed E-state index contributed by atoms with van der Waals surface area (Å²) in [5.41, 5.74) is 3.17. The summed E-state index contributed by atoms with van der Waals surface area (Å²) in [6.45, 7) is 7.62. The van der Waals surface area contributed by atoms with Gasteiger partial charge in [0.1, 0.15) is 0 Å². The van der Waals surface area contributed by atoms with E-state index in [1.807, 2.05) is 32.3 Å². The number of aryl methyl sites for hydroxylation is 1. The Kier molecular flexibility index (Phi) is 11.0. The molecule has 0 N–H and O–H groups in total. The van der Waals surface area contributed by atoms with E-state index in [4.69, 9.17) is 8.85 Å². The Morgan fingerprint density at radius 3 is 2.04 bits per heavy atom. The lowest BCUT2D eigenvalue weighted by Gasteiger charge is -2.15. The Balaban J connectivity index is 1.96. The van der Waals surface area contributed by atoms with E-state index in [1.165, 1.54) is 50.5 Å². The molecule has 5 heteroatoms. The van der Waals surface area contributed by atoms with Crippen LogP contribution in [0.25, 0.3) is 11.4 Å². The SMILES string of the molecule is CCCCCCCCCc1ccnc(-c2cc([SiH](OCC)OCC)ccn2)c1. The Hall–Kier alpha value is -1.56. The van der Waals surface area contributed by atoms with Crippen LogP contribution >= 0.6 is 0 Å². The molecule has 0 aliphatic rings. The fraction of sp³-hybridized carbons (Fsp3) is 0.565. The van der Waals surface area contributed by atoms with E-state index >= 15 is 0 Å². The number of aromatic nitrogens is 2. The van der Waals surface area contributed by atoms with E-state index in [0.717, 1.165) is 23.0 Å². The van der Waals surface area contributed by atoms with Gasteiger partial charge in [-0.15, -0.1) is 0 Å². The average molecular weight is 401 g/mol. The third-order valence-electron chi connectivity index (χ3n) is 4.85. The van der Waals surface area contributed by atoms with Gasteiger partial charge in [-0.3, -0.25) is 9.97 Å². The van der Waals surface area contributed by atoms with Gasteiger partial charge in [-0.2, -0.15) is 0 Å². The minimum absolute atomic E-state index is 0.667. The molecule has 0 unspecified atom stereocenters. The lowest BCUT2D eigenvalue weighted by atomic mass is 10.0. The standard InChI is InChI=1S/C23H36N2O2Si/c1-4-7-8-9-10-11-12-13-20-14-16-24-22(18-20)23-19-21(15-17-25-23)28(26-5-2)27-6-3/h14-19,28H,4-13H2,1-3H3.